The summed E-state index contributed by atoms with van der Waals surface area (Å²) in [6.45, 7) is 0.648. The molecule has 31 heavy (non-hydrogen) atoms. The van der Waals surface area contributed by atoms with Crippen LogP contribution < -0.4 is 16.4 Å². The third-order valence-electron chi connectivity index (χ3n) is 5.18. The number of primary amides is 1. The third kappa shape index (κ3) is 6.15. The fourth-order valence-electron chi connectivity index (χ4n) is 3.56. The Morgan fingerprint density at radius 2 is 1.65 bits per heavy atom. The fraction of sp³-hybridized carbons (Fsp3) is 0.304. The summed E-state index contributed by atoms with van der Waals surface area (Å²) < 4.78 is 0. The van der Waals surface area contributed by atoms with E-state index in [9.17, 15) is 19.2 Å². The van der Waals surface area contributed by atoms with Gasteiger partial charge in [0, 0.05) is 18.7 Å². The Bertz CT molecular complexity index is 944. The highest BCUT2D eigenvalue weighted by atomic mass is 16.2. The number of nitrogens with two attached hydrogens (primary N) is 1. The number of nitrogens with zero attached hydrogens (tertiary/aromatic N) is 1. The molecule has 1 atom stereocenters. The molecule has 1 heterocycles. The van der Waals surface area contributed by atoms with Crippen molar-refractivity contribution in [2.75, 3.05) is 13.1 Å². The van der Waals surface area contributed by atoms with Crippen LogP contribution in [0.4, 0.5) is 0 Å². The number of likely N-dealkylation sites (tertiary alicyclic amines) is 1. The minimum atomic E-state index is -0.615. The molecule has 0 aromatic heterocycles. The molecular formula is C23H26N4O4. The van der Waals surface area contributed by atoms with Crippen molar-refractivity contribution in [3.05, 3.63) is 71.3 Å². The van der Waals surface area contributed by atoms with Crippen LogP contribution >= 0.6 is 0 Å². The molecule has 1 saturated heterocycles. The molecule has 3 rings (SSSR count). The van der Waals surface area contributed by atoms with E-state index >= 15 is 0 Å². The highest BCUT2D eigenvalue weighted by Crippen LogP contribution is 2.19. The van der Waals surface area contributed by atoms with E-state index in [-0.39, 0.29) is 24.8 Å². The van der Waals surface area contributed by atoms with Crippen LogP contribution in [0.25, 0.3) is 0 Å². The van der Waals surface area contributed by atoms with E-state index < -0.39 is 17.9 Å². The maximum atomic E-state index is 12.7. The lowest BCUT2D eigenvalue weighted by molar-refractivity contribution is -0.138. The van der Waals surface area contributed by atoms with Gasteiger partial charge in [0.1, 0.15) is 6.04 Å². The van der Waals surface area contributed by atoms with Crippen molar-refractivity contribution in [3.8, 4) is 0 Å². The lowest BCUT2D eigenvalue weighted by Crippen LogP contribution is -2.46. The topological polar surface area (TPSA) is 122 Å². The van der Waals surface area contributed by atoms with Crippen LogP contribution in [0.3, 0.4) is 0 Å². The number of carbonyl (C=O) groups excluding carboxylic acids is 4. The van der Waals surface area contributed by atoms with Crippen molar-refractivity contribution in [1.29, 1.82) is 0 Å². The quantitative estimate of drug-likeness (QED) is 0.581. The first kappa shape index (κ1) is 22.0. The summed E-state index contributed by atoms with van der Waals surface area (Å²) in [6, 6.07) is 15.7. The van der Waals surface area contributed by atoms with Crippen LogP contribution in [0.5, 0.6) is 0 Å². The lowest BCUT2D eigenvalue weighted by Gasteiger charge is -2.24. The predicted molar refractivity (Wildman–Crippen MR) is 115 cm³/mol. The van der Waals surface area contributed by atoms with Crippen molar-refractivity contribution in [2.24, 2.45) is 5.73 Å². The molecule has 8 nitrogen and oxygen atoms in total. The van der Waals surface area contributed by atoms with Crippen LogP contribution in [-0.4, -0.2) is 47.7 Å². The van der Waals surface area contributed by atoms with Gasteiger partial charge in [-0.25, -0.2) is 0 Å². The average Bonchev–Trinajstić information content (AvgIpc) is 3.27. The van der Waals surface area contributed by atoms with Gasteiger partial charge in [-0.3, -0.25) is 19.2 Å². The lowest BCUT2D eigenvalue weighted by atomic mass is 10.1. The van der Waals surface area contributed by atoms with Gasteiger partial charge in [0.25, 0.3) is 5.91 Å². The molecule has 162 valence electrons. The van der Waals surface area contributed by atoms with Crippen molar-refractivity contribution >= 4 is 23.6 Å². The Morgan fingerprint density at radius 1 is 0.935 bits per heavy atom. The summed E-state index contributed by atoms with van der Waals surface area (Å²) in [5.74, 6) is -1.24. The van der Waals surface area contributed by atoms with Crippen molar-refractivity contribution in [1.82, 2.24) is 15.5 Å². The number of nitrogens with one attached hydrogen (secondary N) is 2. The van der Waals surface area contributed by atoms with Gasteiger partial charge in [-0.1, -0.05) is 42.5 Å². The molecular weight excluding hydrogens is 396 g/mol. The van der Waals surface area contributed by atoms with E-state index in [2.05, 4.69) is 10.6 Å². The van der Waals surface area contributed by atoms with E-state index in [1.54, 1.807) is 29.2 Å². The Kier molecular flexibility index (Phi) is 7.37. The molecule has 4 amide bonds. The SMILES string of the molecule is NC(=O)CNC(=O)c1ccc(CNC(=O)C2CCCN2C(=O)Cc2ccccc2)cc1. The Morgan fingerprint density at radius 3 is 2.32 bits per heavy atom. The van der Waals surface area contributed by atoms with Crippen molar-refractivity contribution < 1.29 is 19.2 Å². The Labute approximate surface area is 180 Å². The zero-order valence-corrected chi connectivity index (χ0v) is 17.2. The third-order valence-corrected chi connectivity index (χ3v) is 5.18. The highest BCUT2D eigenvalue weighted by molar-refractivity contribution is 5.96. The second kappa shape index (κ2) is 10.4. The summed E-state index contributed by atoms with van der Waals surface area (Å²) in [5.41, 5.74) is 7.15. The smallest absolute Gasteiger partial charge is 0.251 e. The summed E-state index contributed by atoms with van der Waals surface area (Å²) in [5, 5.41) is 5.30. The van der Waals surface area contributed by atoms with Gasteiger partial charge in [-0.2, -0.15) is 0 Å². The first-order valence-electron chi connectivity index (χ1n) is 10.2. The van der Waals surface area contributed by atoms with Crippen LogP contribution in [0.15, 0.2) is 54.6 Å². The van der Waals surface area contributed by atoms with Gasteiger partial charge in [0.15, 0.2) is 0 Å². The molecule has 0 saturated carbocycles. The molecule has 0 radical (unpaired) electrons. The summed E-state index contributed by atoms with van der Waals surface area (Å²) in [7, 11) is 0. The minimum absolute atomic E-state index is 0.0461. The first-order valence-corrected chi connectivity index (χ1v) is 10.2. The van der Waals surface area contributed by atoms with Gasteiger partial charge >= 0.3 is 0 Å². The normalized spacial score (nSPS) is 15.4. The Hall–Kier alpha value is -3.68. The van der Waals surface area contributed by atoms with E-state index in [1.165, 1.54) is 0 Å². The molecule has 2 aromatic carbocycles. The van der Waals surface area contributed by atoms with Gasteiger partial charge < -0.3 is 21.3 Å². The van der Waals surface area contributed by atoms with Crippen molar-refractivity contribution in [2.45, 2.75) is 31.8 Å². The second-order valence-corrected chi connectivity index (χ2v) is 7.47. The zero-order valence-electron chi connectivity index (χ0n) is 17.2. The highest BCUT2D eigenvalue weighted by Gasteiger charge is 2.33. The van der Waals surface area contributed by atoms with Crippen molar-refractivity contribution in [3.63, 3.8) is 0 Å². The van der Waals surface area contributed by atoms with Gasteiger partial charge in [-0.05, 0) is 36.1 Å². The van der Waals surface area contributed by atoms with Crippen LogP contribution in [0.1, 0.15) is 34.3 Å². The maximum Gasteiger partial charge on any atom is 0.251 e. The summed E-state index contributed by atoms with van der Waals surface area (Å²) >= 11 is 0. The minimum Gasteiger partial charge on any atom is -0.368 e. The molecule has 2 aromatic rings. The molecule has 4 N–H and O–H groups in total. The number of carbonyl (C=O) groups is 4. The first-order chi connectivity index (χ1) is 14.9. The fourth-order valence-corrected chi connectivity index (χ4v) is 3.56. The van der Waals surface area contributed by atoms with E-state index in [4.69, 9.17) is 5.73 Å². The number of amides is 4. The predicted octanol–water partition coefficient (Wildman–Crippen LogP) is 0.752. The molecule has 1 aliphatic heterocycles. The van der Waals surface area contributed by atoms with Crippen LogP contribution in [0.2, 0.25) is 0 Å². The molecule has 8 heteroatoms. The molecule has 1 aliphatic rings. The van der Waals surface area contributed by atoms with Gasteiger partial charge in [0.05, 0.1) is 13.0 Å². The molecule has 0 spiro atoms. The van der Waals surface area contributed by atoms with Gasteiger partial charge in [-0.15, -0.1) is 0 Å². The van der Waals surface area contributed by atoms with E-state index in [0.29, 0.717) is 25.1 Å². The number of rotatable bonds is 8. The van der Waals surface area contributed by atoms with E-state index in [1.807, 2.05) is 30.3 Å². The van der Waals surface area contributed by atoms with Crippen LogP contribution in [0, 0.1) is 0 Å². The van der Waals surface area contributed by atoms with Crippen LogP contribution in [-0.2, 0) is 27.3 Å². The Balaban J connectivity index is 1.52. The second-order valence-electron chi connectivity index (χ2n) is 7.47. The summed E-state index contributed by atoms with van der Waals surface area (Å²) in [4.78, 5) is 49.7. The van der Waals surface area contributed by atoms with Gasteiger partial charge in [0.2, 0.25) is 17.7 Å². The molecule has 0 bridgehead atoms. The number of benzene rings is 2. The zero-order chi connectivity index (χ0) is 22.2. The summed E-state index contributed by atoms with van der Waals surface area (Å²) in [6.07, 6.45) is 1.73. The number of hydrogen-bond acceptors (Lipinski definition) is 4. The maximum absolute atomic E-state index is 12.7. The van der Waals surface area contributed by atoms with E-state index in [0.717, 1.165) is 17.5 Å². The molecule has 1 fully saturated rings. The largest absolute Gasteiger partial charge is 0.368 e. The number of hydrogen-bond donors (Lipinski definition) is 3. The average molecular weight is 422 g/mol. The molecule has 0 aliphatic carbocycles. The standard InChI is InChI=1S/C23H26N4O4/c24-20(28)15-26-22(30)18-10-8-17(9-11-18)14-25-23(31)19-7-4-12-27(19)21(29)13-16-5-2-1-3-6-16/h1-3,5-6,8-11,19H,4,7,12-15H2,(H2,24,28)(H,25,31)(H,26,30). The molecule has 1 unspecified atom stereocenters. The monoisotopic (exact) mass is 422 g/mol.